The molecule has 0 unspecified atom stereocenters. The molecule has 39 heavy (non-hydrogen) atoms. The maximum absolute atomic E-state index is 12.2. The average molecular weight is 574 g/mol. The Kier molecular flexibility index (Phi) is 8.35. The SMILES string of the molecule is Cc1nc(Sc2cc([N+](=O)[O-])c(Cc3nc(Cl)nc(N4CCOCC4)n3)c(C)c2C)nc(N2CCOCC2)n1. The first-order valence-electron chi connectivity index (χ1n) is 12.5. The Bertz CT molecular complexity index is 1380. The Hall–Kier alpha value is -3.20. The molecular weight excluding hydrogens is 546 g/mol. The molecule has 2 fully saturated rings. The molecule has 0 amide bonds. The van der Waals surface area contributed by atoms with Gasteiger partial charge in [-0.15, -0.1) is 0 Å². The number of morpholine rings is 2. The predicted octanol–water partition coefficient (Wildman–Crippen LogP) is 2.96. The summed E-state index contributed by atoms with van der Waals surface area (Å²) in [5, 5.41) is 12.7. The van der Waals surface area contributed by atoms with Gasteiger partial charge in [-0.2, -0.15) is 19.9 Å². The standard InChI is InChI=1S/C24H28ClN9O4S/c1-14-15(2)19(39-24-27-16(3)26-22(31-24)32-4-8-37-9-5-32)13-18(34(35)36)17(14)12-20-28-21(25)30-23(29-20)33-6-10-38-11-7-33/h13H,4-12H2,1-3H3. The van der Waals surface area contributed by atoms with Gasteiger partial charge in [-0.3, -0.25) is 10.1 Å². The first-order chi connectivity index (χ1) is 18.8. The first-order valence-corrected chi connectivity index (χ1v) is 13.7. The van der Waals surface area contributed by atoms with Gasteiger partial charge in [0.25, 0.3) is 5.69 Å². The minimum Gasteiger partial charge on any atom is -0.378 e. The van der Waals surface area contributed by atoms with Crippen molar-refractivity contribution in [3.8, 4) is 0 Å². The number of hydrogen-bond acceptors (Lipinski definition) is 13. The van der Waals surface area contributed by atoms with Crippen LogP contribution in [0.4, 0.5) is 17.6 Å². The van der Waals surface area contributed by atoms with E-state index in [4.69, 9.17) is 21.1 Å². The maximum atomic E-state index is 12.2. The van der Waals surface area contributed by atoms with Crippen LogP contribution in [0.5, 0.6) is 0 Å². The molecule has 1 aromatic carbocycles. The van der Waals surface area contributed by atoms with Crippen LogP contribution in [0, 0.1) is 30.9 Å². The zero-order valence-corrected chi connectivity index (χ0v) is 23.5. The summed E-state index contributed by atoms with van der Waals surface area (Å²) < 4.78 is 10.8. The molecule has 0 radical (unpaired) electrons. The second-order valence-corrected chi connectivity index (χ2v) is 10.5. The molecule has 5 rings (SSSR count). The predicted molar refractivity (Wildman–Crippen MR) is 145 cm³/mol. The van der Waals surface area contributed by atoms with E-state index >= 15 is 0 Å². The molecule has 0 bridgehead atoms. The van der Waals surface area contributed by atoms with Gasteiger partial charge in [0.05, 0.1) is 31.4 Å². The number of ether oxygens (including phenoxy) is 2. The first kappa shape index (κ1) is 27.4. The van der Waals surface area contributed by atoms with Gasteiger partial charge in [-0.05, 0) is 55.3 Å². The Morgan fingerprint density at radius 2 is 1.51 bits per heavy atom. The zero-order chi connectivity index (χ0) is 27.5. The maximum Gasteiger partial charge on any atom is 0.274 e. The number of rotatable bonds is 7. The molecule has 2 aliphatic rings. The number of halogens is 1. The minimum atomic E-state index is -0.380. The Balaban J connectivity index is 1.46. The second kappa shape index (κ2) is 11.9. The number of nitrogens with zero attached hydrogens (tertiary/aromatic N) is 9. The number of nitro groups is 1. The van der Waals surface area contributed by atoms with Gasteiger partial charge in [0.15, 0.2) is 5.16 Å². The fourth-order valence-corrected chi connectivity index (χ4v) is 5.58. The largest absolute Gasteiger partial charge is 0.378 e. The molecule has 15 heteroatoms. The lowest BCUT2D eigenvalue weighted by Gasteiger charge is -2.27. The van der Waals surface area contributed by atoms with Crippen LogP contribution in [-0.4, -0.2) is 87.4 Å². The van der Waals surface area contributed by atoms with E-state index in [2.05, 4.69) is 34.8 Å². The number of hydrogen-bond donors (Lipinski definition) is 0. The van der Waals surface area contributed by atoms with E-state index in [-0.39, 0.29) is 22.3 Å². The van der Waals surface area contributed by atoms with E-state index in [1.165, 1.54) is 11.8 Å². The van der Waals surface area contributed by atoms with Crippen molar-refractivity contribution >= 4 is 40.9 Å². The van der Waals surface area contributed by atoms with Gasteiger partial charge >= 0.3 is 0 Å². The van der Waals surface area contributed by atoms with Crippen molar-refractivity contribution in [2.24, 2.45) is 0 Å². The summed E-state index contributed by atoms with van der Waals surface area (Å²) in [7, 11) is 0. The molecule has 4 heterocycles. The van der Waals surface area contributed by atoms with E-state index in [0.29, 0.717) is 91.8 Å². The Morgan fingerprint density at radius 1 is 0.897 bits per heavy atom. The van der Waals surface area contributed by atoms with Crippen molar-refractivity contribution in [2.75, 3.05) is 62.4 Å². The van der Waals surface area contributed by atoms with Crippen molar-refractivity contribution in [2.45, 2.75) is 37.2 Å². The third kappa shape index (κ3) is 6.35. The normalized spacial score (nSPS) is 16.0. The molecule has 0 saturated carbocycles. The van der Waals surface area contributed by atoms with Crippen LogP contribution in [0.1, 0.15) is 28.3 Å². The smallest absolute Gasteiger partial charge is 0.274 e. The van der Waals surface area contributed by atoms with E-state index in [9.17, 15) is 10.1 Å². The molecule has 0 atom stereocenters. The van der Waals surface area contributed by atoms with Gasteiger partial charge in [-0.1, -0.05) is 0 Å². The van der Waals surface area contributed by atoms with Gasteiger partial charge in [0.2, 0.25) is 17.2 Å². The highest BCUT2D eigenvalue weighted by Crippen LogP contribution is 2.37. The van der Waals surface area contributed by atoms with Crippen LogP contribution < -0.4 is 9.80 Å². The van der Waals surface area contributed by atoms with E-state index < -0.39 is 0 Å². The van der Waals surface area contributed by atoms with Crippen molar-refractivity contribution in [1.29, 1.82) is 0 Å². The molecule has 13 nitrogen and oxygen atoms in total. The average Bonchev–Trinajstić information content (AvgIpc) is 2.93. The molecule has 2 saturated heterocycles. The Labute approximate surface area is 234 Å². The van der Waals surface area contributed by atoms with Crippen LogP contribution in [0.3, 0.4) is 0 Å². The topological polar surface area (TPSA) is 145 Å². The summed E-state index contributed by atoms with van der Waals surface area (Å²) in [4.78, 5) is 43.2. The van der Waals surface area contributed by atoms with Crippen LogP contribution in [0.2, 0.25) is 5.28 Å². The molecular formula is C24H28ClN9O4S. The van der Waals surface area contributed by atoms with Crippen molar-refractivity contribution < 1.29 is 14.4 Å². The lowest BCUT2D eigenvalue weighted by atomic mass is 9.98. The third-order valence-electron chi connectivity index (χ3n) is 6.64. The van der Waals surface area contributed by atoms with E-state index in [1.54, 1.807) is 6.07 Å². The summed E-state index contributed by atoms with van der Waals surface area (Å²) in [6.07, 6.45) is 0.138. The number of aryl methyl sites for hydroxylation is 1. The van der Waals surface area contributed by atoms with E-state index in [1.807, 2.05) is 25.7 Å². The van der Waals surface area contributed by atoms with Crippen molar-refractivity contribution in [3.63, 3.8) is 0 Å². The molecule has 0 N–H and O–H groups in total. The lowest BCUT2D eigenvalue weighted by molar-refractivity contribution is -0.385. The number of anilines is 2. The van der Waals surface area contributed by atoms with Gasteiger partial charge < -0.3 is 19.3 Å². The van der Waals surface area contributed by atoms with Crippen molar-refractivity contribution in [3.05, 3.63) is 49.8 Å². The summed E-state index contributed by atoms with van der Waals surface area (Å²) in [6.45, 7) is 10.6. The molecule has 2 aromatic heterocycles. The fraction of sp³-hybridized carbons (Fsp3) is 0.500. The monoisotopic (exact) mass is 573 g/mol. The van der Waals surface area contributed by atoms with Crippen LogP contribution in [0.25, 0.3) is 0 Å². The minimum absolute atomic E-state index is 0.0239. The molecule has 3 aromatic rings. The van der Waals surface area contributed by atoms with Gasteiger partial charge in [-0.25, -0.2) is 9.97 Å². The number of nitro benzene ring substituents is 1. The van der Waals surface area contributed by atoms with E-state index in [0.717, 1.165) is 11.1 Å². The quantitative estimate of drug-likeness (QED) is 0.302. The second-order valence-electron chi connectivity index (χ2n) is 9.14. The summed E-state index contributed by atoms with van der Waals surface area (Å²) in [5.74, 6) is 1.97. The lowest BCUT2D eigenvalue weighted by Crippen LogP contribution is -2.37. The molecule has 0 spiro atoms. The molecule has 206 valence electrons. The molecule has 2 aliphatic heterocycles. The van der Waals surface area contributed by atoms with Gasteiger partial charge in [0.1, 0.15) is 11.6 Å². The number of aromatic nitrogens is 6. The van der Waals surface area contributed by atoms with Crippen LogP contribution in [-0.2, 0) is 15.9 Å². The highest BCUT2D eigenvalue weighted by atomic mass is 35.5. The fourth-order valence-electron chi connectivity index (χ4n) is 4.43. The Morgan fingerprint density at radius 3 is 2.13 bits per heavy atom. The summed E-state index contributed by atoms with van der Waals surface area (Å²) in [6, 6.07) is 1.57. The highest BCUT2D eigenvalue weighted by molar-refractivity contribution is 7.99. The summed E-state index contributed by atoms with van der Waals surface area (Å²) in [5.41, 5.74) is 2.16. The van der Waals surface area contributed by atoms with Crippen LogP contribution >= 0.6 is 23.4 Å². The number of benzene rings is 1. The molecule has 0 aliphatic carbocycles. The van der Waals surface area contributed by atoms with Gasteiger partial charge in [0, 0.05) is 49.1 Å². The van der Waals surface area contributed by atoms with Crippen molar-refractivity contribution in [1.82, 2.24) is 29.9 Å². The third-order valence-corrected chi connectivity index (χ3v) is 7.82. The highest BCUT2D eigenvalue weighted by Gasteiger charge is 2.25. The summed E-state index contributed by atoms with van der Waals surface area (Å²) >= 11 is 7.50. The zero-order valence-electron chi connectivity index (χ0n) is 21.9. The van der Waals surface area contributed by atoms with Crippen LogP contribution in [0.15, 0.2) is 16.1 Å².